The molecule has 0 saturated heterocycles. The molecule has 1 aliphatic rings. The van der Waals surface area contributed by atoms with Gasteiger partial charge in [0, 0.05) is 12.1 Å². The van der Waals surface area contributed by atoms with Crippen molar-refractivity contribution in [1.29, 1.82) is 0 Å². The van der Waals surface area contributed by atoms with Gasteiger partial charge in [-0.25, -0.2) is 13.1 Å². The summed E-state index contributed by atoms with van der Waals surface area (Å²) in [4.78, 5) is 12.9. The number of sulfonamides is 1. The first kappa shape index (κ1) is 17.4. The van der Waals surface area contributed by atoms with Crippen molar-refractivity contribution in [2.75, 3.05) is 20.6 Å². The Labute approximate surface area is 121 Å². The van der Waals surface area contributed by atoms with Crippen LogP contribution in [0.3, 0.4) is 0 Å². The van der Waals surface area contributed by atoms with Crippen LogP contribution in [0.5, 0.6) is 0 Å². The van der Waals surface area contributed by atoms with Crippen LogP contribution in [0.15, 0.2) is 0 Å². The standard InChI is InChI=1S/C13H26N2O4S/c1-10-6-5-7-13(8-10,15(3)4)9-14-20(18,19)11(2)12(16)17/h10-11,14H,5-9H2,1-4H3,(H,16,17). The van der Waals surface area contributed by atoms with Gasteiger partial charge in [-0.3, -0.25) is 4.79 Å². The third-order valence-corrected chi connectivity index (χ3v) is 6.11. The summed E-state index contributed by atoms with van der Waals surface area (Å²) >= 11 is 0. The summed E-state index contributed by atoms with van der Waals surface area (Å²) in [6.45, 7) is 3.63. The molecule has 0 aromatic rings. The molecule has 6 nitrogen and oxygen atoms in total. The molecule has 0 heterocycles. The predicted molar refractivity (Wildman–Crippen MR) is 78.1 cm³/mol. The Bertz CT molecular complexity index is 449. The van der Waals surface area contributed by atoms with Gasteiger partial charge in [0.1, 0.15) is 0 Å². The number of carboxylic acid groups (broad SMARTS) is 1. The Morgan fingerprint density at radius 1 is 1.50 bits per heavy atom. The van der Waals surface area contributed by atoms with E-state index in [1.54, 1.807) is 0 Å². The number of hydrogen-bond donors (Lipinski definition) is 2. The fourth-order valence-corrected chi connectivity index (χ4v) is 3.84. The summed E-state index contributed by atoms with van der Waals surface area (Å²) in [5, 5.41) is 7.41. The summed E-state index contributed by atoms with van der Waals surface area (Å²) < 4.78 is 26.4. The molecule has 1 fully saturated rings. The molecule has 0 aromatic heterocycles. The van der Waals surface area contributed by atoms with Gasteiger partial charge in [-0.1, -0.05) is 19.8 Å². The van der Waals surface area contributed by atoms with E-state index in [-0.39, 0.29) is 12.1 Å². The molecule has 0 spiro atoms. The molecular weight excluding hydrogens is 280 g/mol. The van der Waals surface area contributed by atoms with Crippen LogP contribution in [0.4, 0.5) is 0 Å². The van der Waals surface area contributed by atoms with E-state index in [1.165, 1.54) is 6.92 Å². The van der Waals surface area contributed by atoms with E-state index >= 15 is 0 Å². The molecule has 3 atom stereocenters. The van der Waals surface area contributed by atoms with Crippen molar-refractivity contribution in [2.24, 2.45) is 5.92 Å². The van der Waals surface area contributed by atoms with Crippen LogP contribution < -0.4 is 4.72 Å². The Balaban J connectivity index is 2.81. The van der Waals surface area contributed by atoms with Gasteiger partial charge in [0.2, 0.25) is 10.0 Å². The molecule has 0 radical (unpaired) electrons. The maximum Gasteiger partial charge on any atom is 0.323 e. The lowest BCUT2D eigenvalue weighted by molar-refractivity contribution is -0.136. The van der Waals surface area contributed by atoms with Crippen LogP contribution in [0.2, 0.25) is 0 Å². The monoisotopic (exact) mass is 306 g/mol. The SMILES string of the molecule is CC1CCCC(CNS(=O)(=O)C(C)C(=O)O)(N(C)C)C1. The summed E-state index contributed by atoms with van der Waals surface area (Å²) in [5.41, 5.74) is -0.219. The highest BCUT2D eigenvalue weighted by Gasteiger charge is 2.39. The number of aliphatic carboxylic acids is 1. The van der Waals surface area contributed by atoms with Crippen molar-refractivity contribution in [2.45, 2.75) is 50.3 Å². The van der Waals surface area contributed by atoms with Crippen LogP contribution in [0.1, 0.15) is 39.5 Å². The smallest absolute Gasteiger partial charge is 0.323 e. The zero-order chi connectivity index (χ0) is 15.6. The third-order valence-electron chi connectivity index (χ3n) is 4.43. The van der Waals surface area contributed by atoms with E-state index in [0.717, 1.165) is 25.7 Å². The molecule has 0 amide bonds. The maximum atomic E-state index is 12.0. The lowest BCUT2D eigenvalue weighted by Gasteiger charge is -2.45. The van der Waals surface area contributed by atoms with Crippen molar-refractivity contribution in [3.05, 3.63) is 0 Å². The van der Waals surface area contributed by atoms with Crippen molar-refractivity contribution in [1.82, 2.24) is 9.62 Å². The molecule has 2 N–H and O–H groups in total. The Kier molecular flexibility index (Phi) is 5.57. The molecule has 118 valence electrons. The molecular formula is C13H26N2O4S. The van der Waals surface area contributed by atoms with E-state index in [4.69, 9.17) is 5.11 Å². The van der Waals surface area contributed by atoms with Gasteiger partial charge in [-0.2, -0.15) is 0 Å². The van der Waals surface area contributed by atoms with Gasteiger partial charge in [0.05, 0.1) is 0 Å². The van der Waals surface area contributed by atoms with E-state index in [1.807, 2.05) is 14.1 Å². The van der Waals surface area contributed by atoms with Crippen LogP contribution in [0.25, 0.3) is 0 Å². The maximum absolute atomic E-state index is 12.0. The molecule has 0 aliphatic heterocycles. The van der Waals surface area contributed by atoms with Crippen LogP contribution >= 0.6 is 0 Å². The minimum absolute atomic E-state index is 0.219. The fraction of sp³-hybridized carbons (Fsp3) is 0.923. The number of carboxylic acids is 1. The lowest BCUT2D eigenvalue weighted by Crippen LogP contribution is -2.56. The number of nitrogens with one attached hydrogen (secondary N) is 1. The predicted octanol–water partition coefficient (Wildman–Crippen LogP) is 0.889. The van der Waals surface area contributed by atoms with Gasteiger partial charge in [0.15, 0.2) is 5.25 Å². The normalized spacial score (nSPS) is 29.4. The molecule has 3 unspecified atom stereocenters. The Morgan fingerprint density at radius 3 is 2.55 bits per heavy atom. The third kappa shape index (κ3) is 3.93. The Hall–Kier alpha value is -0.660. The zero-order valence-electron chi connectivity index (χ0n) is 12.7. The zero-order valence-corrected chi connectivity index (χ0v) is 13.5. The number of carbonyl (C=O) groups is 1. The minimum atomic E-state index is -3.82. The number of likely N-dealkylation sites (N-methyl/N-ethyl adjacent to an activating group) is 1. The van der Waals surface area contributed by atoms with Crippen molar-refractivity contribution < 1.29 is 18.3 Å². The van der Waals surface area contributed by atoms with Gasteiger partial charge in [-0.15, -0.1) is 0 Å². The topological polar surface area (TPSA) is 86.7 Å². The Morgan fingerprint density at radius 2 is 2.10 bits per heavy atom. The minimum Gasteiger partial charge on any atom is -0.480 e. The molecule has 1 rings (SSSR count). The first-order valence-corrected chi connectivity index (χ1v) is 8.54. The van der Waals surface area contributed by atoms with E-state index in [0.29, 0.717) is 5.92 Å². The second-order valence-corrected chi connectivity index (χ2v) is 8.25. The largest absolute Gasteiger partial charge is 0.480 e. The number of hydrogen-bond acceptors (Lipinski definition) is 4. The second-order valence-electron chi connectivity index (χ2n) is 6.17. The number of rotatable bonds is 6. The lowest BCUT2D eigenvalue weighted by atomic mass is 9.75. The van der Waals surface area contributed by atoms with Crippen molar-refractivity contribution in [3.63, 3.8) is 0 Å². The summed E-state index contributed by atoms with van der Waals surface area (Å²) in [7, 11) is 0.0785. The first-order valence-electron chi connectivity index (χ1n) is 6.99. The van der Waals surface area contributed by atoms with Crippen molar-refractivity contribution in [3.8, 4) is 0 Å². The molecule has 0 aromatic carbocycles. The summed E-state index contributed by atoms with van der Waals surface area (Å²) in [6, 6.07) is 0. The molecule has 1 aliphatic carbocycles. The molecule has 7 heteroatoms. The average Bonchev–Trinajstić information content (AvgIpc) is 2.35. The molecule has 20 heavy (non-hydrogen) atoms. The average molecular weight is 306 g/mol. The first-order chi connectivity index (χ1) is 9.11. The highest BCUT2D eigenvalue weighted by molar-refractivity contribution is 7.90. The van der Waals surface area contributed by atoms with E-state index in [9.17, 15) is 13.2 Å². The molecule has 1 saturated carbocycles. The van der Waals surface area contributed by atoms with Gasteiger partial charge >= 0.3 is 5.97 Å². The fourth-order valence-electron chi connectivity index (χ4n) is 2.85. The van der Waals surface area contributed by atoms with Crippen LogP contribution in [-0.2, 0) is 14.8 Å². The van der Waals surface area contributed by atoms with Crippen LogP contribution in [0, 0.1) is 5.92 Å². The summed E-state index contributed by atoms with van der Waals surface area (Å²) in [6.07, 6.45) is 4.07. The van der Waals surface area contributed by atoms with Crippen molar-refractivity contribution >= 4 is 16.0 Å². The quantitative estimate of drug-likeness (QED) is 0.761. The molecule has 0 bridgehead atoms. The second kappa shape index (κ2) is 6.41. The van der Waals surface area contributed by atoms with E-state index in [2.05, 4.69) is 16.5 Å². The van der Waals surface area contributed by atoms with Gasteiger partial charge < -0.3 is 10.0 Å². The van der Waals surface area contributed by atoms with Gasteiger partial charge in [0.25, 0.3) is 0 Å². The highest BCUT2D eigenvalue weighted by Crippen LogP contribution is 2.35. The highest BCUT2D eigenvalue weighted by atomic mass is 32.2. The number of nitrogens with zero attached hydrogens (tertiary/aromatic N) is 1. The summed E-state index contributed by atoms with van der Waals surface area (Å²) in [5.74, 6) is -0.777. The van der Waals surface area contributed by atoms with Crippen LogP contribution in [-0.4, -0.2) is 55.8 Å². The van der Waals surface area contributed by atoms with E-state index < -0.39 is 21.2 Å². The van der Waals surface area contributed by atoms with Gasteiger partial charge in [-0.05, 0) is 39.8 Å².